The topological polar surface area (TPSA) is 46.1 Å². The molecular formula is C9H12BrN3OS. The number of aromatic nitrogens is 2. The minimum Gasteiger partial charge on any atom is -0.337 e. The third-order valence-corrected chi connectivity index (χ3v) is 4.01. The van der Waals surface area contributed by atoms with E-state index in [-0.39, 0.29) is 5.91 Å². The smallest absolute Gasteiger partial charge is 0.267 e. The van der Waals surface area contributed by atoms with Crippen LogP contribution in [0.15, 0.2) is 0 Å². The van der Waals surface area contributed by atoms with Crippen molar-refractivity contribution in [3.8, 4) is 0 Å². The summed E-state index contributed by atoms with van der Waals surface area (Å²) < 4.78 is 3.84. The van der Waals surface area contributed by atoms with Crippen LogP contribution in [-0.2, 0) is 6.42 Å². The molecule has 82 valence electrons. The van der Waals surface area contributed by atoms with E-state index in [0.29, 0.717) is 9.70 Å². The van der Waals surface area contributed by atoms with Gasteiger partial charge in [0, 0.05) is 17.9 Å². The van der Waals surface area contributed by atoms with Crippen molar-refractivity contribution in [2.75, 3.05) is 13.1 Å². The van der Waals surface area contributed by atoms with E-state index in [2.05, 4.69) is 25.5 Å². The van der Waals surface area contributed by atoms with Gasteiger partial charge in [0.2, 0.25) is 0 Å². The molecule has 15 heavy (non-hydrogen) atoms. The first kappa shape index (κ1) is 11.0. The Morgan fingerprint density at radius 1 is 1.73 bits per heavy atom. The minimum absolute atomic E-state index is 0.0869. The molecule has 1 aromatic rings. The molecule has 1 unspecified atom stereocenters. The fraction of sp³-hybridized carbons (Fsp3) is 0.667. The Balaban J connectivity index is 2.14. The van der Waals surface area contributed by atoms with E-state index in [4.69, 9.17) is 0 Å². The molecule has 1 atom stereocenters. The second-order valence-electron chi connectivity index (χ2n) is 3.54. The molecular weight excluding hydrogens is 278 g/mol. The molecule has 1 fully saturated rings. The molecule has 0 aromatic carbocycles. The highest BCUT2D eigenvalue weighted by Crippen LogP contribution is 2.21. The number of carbonyl (C=O) groups is 1. The van der Waals surface area contributed by atoms with Crippen molar-refractivity contribution in [3.05, 3.63) is 10.6 Å². The van der Waals surface area contributed by atoms with E-state index < -0.39 is 0 Å². The maximum Gasteiger partial charge on any atom is 0.267 e. The molecule has 0 spiro atoms. The zero-order valence-electron chi connectivity index (χ0n) is 8.44. The summed E-state index contributed by atoms with van der Waals surface area (Å²) in [5.41, 5.74) is 0.822. The first-order valence-electron chi connectivity index (χ1n) is 4.97. The van der Waals surface area contributed by atoms with E-state index >= 15 is 0 Å². The van der Waals surface area contributed by atoms with Gasteiger partial charge in [0.25, 0.3) is 5.91 Å². The third-order valence-electron chi connectivity index (χ3n) is 2.50. The molecule has 1 saturated heterocycles. The number of rotatable bonds is 2. The Bertz CT molecular complexity index is 368. The van der Waals surface area contributed by atoms with Gasteiger partial charge in [-0.2, -0.15) is 0 Å². The predicted molar refractivity (Wildman–Crippen MR) is 62.5 cm³/mol. The molecule has 0 bridgehead atoms. The van der Waals surface area contributed by atoms with Crippen LogP contribution >= 0.6 is 27.5 Å². The van der Waals surface area contributed by atoms with Gasteiger partial charge in [-0.1, -0.05) is 27.3 Å². The highest BCUT2D eigenvalue weighted by Gasteiger charge is 2.27. The quantitative estimate of drug-likeness (QED) is 0.779. The van der Waals surface area contributed by atoms with Gasteiger partial charge in [-0.3, -0.25) is 4.79 Å². The van der Waals surface area contributed by atoms with Crippen LogP contribution in [0.2, 0.25) is 0 Å². The van der Waals surface area contributed by atoms with Crippen LogP contribution in [0.25, 0.3) is 0 Å². The fourth-order valence-electron chi connectivity index (χ4n) is 1.65. The molecule has 1 aliphatic rings. The van der Waals surface area contributed by atoms with E-state index in [9.17, 15) is 4.79 Å². The number of hydrogen-bond acceptors (Lipinski definition) is 4. The Kier molecular flexibility index (Phi) is 3.35. The molecule has 2 heterocycles. The van der Waals surface area contributed by atoms with Crippen molar-refractivity contribution >= 4 is 33.4 Å². The summed E-state index contributed by atoms with van der Waals surface area (Å²) in [6.45, 7) is 3.61. The van der Waals surface area contributed by atoms with E-state index in [0.717, 1.165) is 31.6 Å². The van der Waals surface area contributed by atoms with Gasteiger partial charge in [-0.25, -0.2) is 0 Å². The molecule has 1 aromatic heterocycles. The standard InChI is InChI=1S/C9H12BrN3OS/c1-2-7-8(15-12-11-7)9(14)13-4-3-6(10)5-13/h6H,2-5H2,1H3. The average Bonchev–Trinajstić information content (AvgIpc) is 2.84. The summed E-state index contributed by atoms with van der Waals surface area (Å²) in [5, 5.41) is 3.96. The van der Waals surface area contributed by atoms with Gasteiger partial charge in [0.15, 0.2) is 0 Å². The van der Waals surface area contributed by atoms with E-state index in [1.54, 1.807) is 0 Å². The van der Waals surface area contributed by atoms with Crippen LogP contribution in [0, 0.1) is 0 Å². The van der Waals surface area contributed by atoms with Crippen molar-refractivity contribution in [3.63, 3.8) is 0 Å². The van der Waals surface area contributed by atoms with Crippen molar-refractivity contribution in [1.82, 2.24) is 14.5 Å². The number of amides is 1. The molecule has 6 heteroatoms. The highest BCUT2D eigenvalue weighted by atomic mass is 79.9. The Morgan fingerprint density at radius 2 is 2.53 bits per heavy atom. The van der Waals surface area contributed by atoms with Crippen molar-refractivity contribution in [2.45, 2.75) is 24.6 Å². The van der Waals surface area contributed by atoms with Crippen LogP contribution < -0.4 is 0 Å². The summed E-state index contributed by atoms with van der Waals surface area (Å²) in [4.78, 5) is 15.1. The fourth-order valence-corrected chi connectivity index (χ4v) is 2.92. The lowest BCUT2D eigenvalue weighted by molar-refractivity contribution is 0.0797. The molecule has 4 nitrogen and oxygen atoms in total. The van der Waals surface area contributed by atoms with Crippen molar-refractivity contribution < 1.29 is 4.79 Å². The number of alkyl halides is 1. The minimum atomic E-state index is 0.0869. The zero-order valence-corrected chi connectivity index (χ0v) is 10.8. The molecule has 0 aliphatic carbocycles. The molecule has 0 saturated carbocycles. The zero-order chi connectivity index (χ0) is 10.8. The average molecular weight is 290 g/mol. The monoisotopic (exact) mass is 289 g/mol. The molecule has 0 radical (unpaired) electrons. The number of halogens is 1. The summed E-state index contributed by atoms with van der Waals surface area (Å²) in [7, 11) is 0. The molecule has 0 N–H and O–H groups in total. The largest absolute Gasteiger partial charge is 0.337 e. The van der Waals surface area contributed by atoms with Gasteiger partial charge >= 0.3 is 0 Å². The number of likely N-dealkylation sites (tertiary alicyclic amines) is 1. The summed E-state index contributed by atoms with van der Waals surface area (Å²) in [6.07, 6.45) is 1.79. The molecule has 1 aliphatic heterocycles. The number of hydrogen-bond donors (Lipinski definition) is 0. The van der Waals surface area contributed by atoms with Gasteiger partial charge in [-0.15, -0.1) is 5.10 Å². The first-order chi connectivity index (χ1) is 7.22. The normalized spacial score (nSPS) is 20.9. The Hall–Kier alpha value is -0.490. The maximum atomic E-state index is 12.1. The van der Waals surface area contributed by atoms with Gasteiger partial charge in [-0.05, 0) is 24.4 Å². The third kappa shape index (κ3) is 2.20. The van der Waals surface area contributed by atoms with Crippen LogP contribution in [-0.4, -0.2) is 38.3 Å². The van der Waals surface area contributed by atoms with Gasteiger partial charge in [0.1, 0.15) is 4.88 Å². The number of nitrogens with zero attached hydrogens (tertiary/aromatic N) is 3. The molecule has 1 amide bonds. The lowest BCUT2D eigenvalue weighted by Crippen LogP contribution is -2.28. The maximum absolute atomic E-state index is 12.1. The number of carbonyl (C=O) groups excluding carboxylic acids is 1. The Morgan fingerprint density at radius 3 is 3.13 bits per heavy atom. The SMILES string of the molecule is CCc1nnsc1C(=O)N1CCC(Br)C1. The van der Waals surface area contributed by atoms with Crippen molar-refractivity contribution in [2.24, 2.45) is 0 Å². The first-order valence-corrected chi connectivity index (χ1v) is 6.65. The van der Waals surface area contributed by atoms with Gasteiger partial charge in [0.05, 0.1) is 5.69 Å². The van der Waals surface area contributed by atoms with Crippen LogP contribution in [0.1, 0.15) is 28.7 Å². The van der Waals surface area contributed by atoms with Crippen LogP contribution in [0.4, 0.5) is 0 Å². The lowest BCUT2D eigenvalue weighted by atomic mass is 10.3. The predicted octanol–water partition coefficient (Wildman–Crippen LogP) is 1.71. The van der Waals surface area contributed by atoms with Crippen LogP contribution in [0.3, 0.4) is 0 Å². The summed E-state index contributed by atoms with van der Waals surface area (Å²) in [5.74, 6) is 0.0869. The van der Waals surface area contributed by atoms with Gasteiger partial charge < -0.3 is 4.90 Å². The lowest BCUT2D eigenvalue weighted by Gasteiger charge is -2.14. The summed E-state index contributed by atoms with van der Waals surface area (Å²) >= 11 is 4.73. The Labute approximate surface area is 101 Å². The highest BCUT2D eigenvalue weighted by molar-refractivity contribution is 9.09. The van der Waals surface area contributed by atoms with Crippen LogP contribution in [0.5, 0.6) is 0 Å². The van der Waals surface area contributed by atoms with E-state index in [1.807, 2.05) is 11.8 Å². The second kappa shape index (κ2) is 4.57. The molecule has 2 rings (SSSR count). The second-order valence-corrected chi connectivity index (χ2v) is 5.59. The van der Waals surface area contributed by atoms with Crippen molar-refractivity contribution in [1.29, 1.82) is 0 Å². The summed E-state index contributed by atoms with van der Waals surface area (Å²) in [6, 6.07) is 0. The van der Waals surface area contributed by atoms with E-state index in [1.165, 1.54) is 11.5 Å². The number of aryl methyl sites for hydroxylation is 1.